The minimum absolute atomic E-state index is 0.0202. The van der Waals surface area contributed by atoms with Crippen LogP contribution in [0.1, 0.15) is 60.3 Å². The molecule has 0 aliphatic heterocycles. The van der Waals surface area contributed by atoms with Crippen molar-refractivity contribution in [1.29, 1.82) is 0 Å². The van der Waals surface area contributed by atoms with Crippen molar-refractivity contribution in [2.45, 2.75) is 60.3 Å². The third-order valence-corrected chi connectivity index (χ3v) is 5.61. The summed E-state index contributed by atoms with van der Waals surface area (Å²) in [6.45, 7) is 11.7. The van der Waals surface area contributed by atoms with E-state index in [1.807, 2.05) is 13.8 Å². The Hall–Kier alpha value is -1.12. The Morgan fingerprint density at radius 1 is 1.24 bits per heavy atom. The minimum atomic E-state index is -0.136. The van der Waals surface area contributed by atoms with Gasteiger partial charge in [0.25, 0.3) is 0 Å². The highest BCUT2D eigenvalue weighted by Gasteiger charge is 2.46. The van der Waals surface area contributed by atoms with Crippen molar-refractivity contribution in [3.05, 3.63) is 11.3 Å². The molecular weight excluding hydrogens is 262 g/mol. The topological polar surface area (TPSA) is 49.7 Å². The van der Waals surface area contributed by atoms with Gasteiger partial charge in [-0.25, -0.2) is 0 Å². The van der Waals surface area contributed by atoms with Gasteiger partial charge in [0.1, 0.15) is 5.76 Å². The molecule has 2 aliphatic rings. The number of Topliss-reactive ketones (excluding diaryl/α,β-unsaturated/α-hetero) is 1. The van der Waals surface area contributed by atoms with Crippen LogP contribution in [0.4, 0.5) is 0 Å². The monoisotopic (exact) mass is 291 g/mol. The standard InChI is InChI=1S/C18H29NO2/c1-6-12-7-13(18(12,4)5)10-19-11-14-15(20)8-17(2,3)9-16(14)21/h11-13,20H,6-10H2,1-5H3/t12-,13-/m0/s1. The van der Waals surface area contributed by atoms with E-state index in [9.17, 15) is 9.90 Å². The fourth-order valence-electron chi connectivity index (χ4n) is 3.85. The number of ketones is 1. The second-order valence-electron chi connectivity index (χ2n) is 8.15. The summed E-state index contributed by atoms with van der Waals surface area (Å²) in [5.74, 6) is 1.62. The molecule has 21 heavy (non-hydrogen) atoms. The SMILES string of the molecule is CC[C@H]1C[C@@H](CN=CC2=C(O)CC(C)(C)CC2=O)C1(C)C. The number of aliphatic hydroxyl groups is 1. The van der Waals surface area contributed by atoms with Crippen LogP contribution in [0.15, 0.2) is 16.3 Å². The average Bonchev–Trinajstić information content (AvgIpc) is 2.33. The molecule has 0 radical (unpaired) electrons. The Kier molecular flexibility index (Phi) is 4.32. The quantitative estimate of drug-likeness (QED) is 0.784. The van der Waals surface area contributed by atoms with Crippen molar-refractivity contribution < 1.29 is 9.90 Å². The molecule has 0 aromatic carbocycles. The first-order valence-electron chi connectivity index (χ1n) is 8.12. The summed E-state index contributed by atoms with van der Waals surface area (Å²) in [5.41, 5.74) is 0.641. The molecule has 3 heteroatoms. The molecule has 0 unspecified atom stereocenters. The normalized spacial score (nSPS) is 31.6. The number of aliphatic imine (C=N–C) groups is 1. The molecule has 0 amide bonds. The van der Waals surface area contributed by atoms with Crippen LogP contribution in [-0.4, -0.2) is 23.6 Å². The van der Waals surface area contributed by atoms with Crippen LogP contribution in [0, 0.1) is 22.7 Å². The number of nitrogens with zero attached hydrogens (tertiary/aromatic N) is 1. The van der Waals surface area contributed by atoms with Crippen molar-refractivity contribution >= 4 is 12.0 Å². The van der Waals surface area contributed by atoms with E-state index in [1.54, 1.807) is 6.21 Å². The van der Waals surface area contributed by atoms with Gasteiger partial charge in [-0.2, -0.15) is 0 Å². The number of carbonyl (C=O) groups is 1. The lowest BCUT2D eigenvalue weighted by Gasteiger charge is -2.51. The molecule has 3 nitrogen and oxygen atoms in total. The van der Waals surface area contributed by atoms with Gasteiger partial charge in [0.2, 0.25) is 0 Å². The molecule has 1 N–H and O–H groups in total. The lowest BCUT2D eigenvalue weighted by atomic mass is 9.54. The molecule has 2 aliphatic carbocycles. The maximum Gasteiger partial charge on any atom is 0.168 e. The van der Waals surface area contributed by atoms with Crippen LogP contribution in [0.3, 0.4) is 0 Å². The molecule has 118 valence electrons. The first kappa shape index (κ1) is 16.3. The van der Waals surface area contributed by atoms with Gasteiger partial charge in [0.05, 0.1) is 5.57 Å². The molecule has 2 rings (SSSR count). The highest BCUT2D eigenvalue weighted by atomic mass is 16.3. The predicted molar refractivity (Wildman–Crippen MR) is 86.7 cm³/mol. The summed E-state index contributed by atoms with van der Waals surface area (Å²) in [4.78, 5) is 16.6. The molecule has 0 heterocycles. The van der Waals surface area contributed by atoms with Crippen molar-refractivity contribution in [2.24, 2.45) is 27.7 Å². The van der Waals surface area contributed by atoms with Gasteiger partial charge >= 0.3 is 0 Å². The lowest BCUT2D eigenvalue weighted by molar-refractivity contribution is -0.117. The highest BCUT2D eigenvalue weighted by molar-refractivity contribution is 6.14. The summed E-state index contributed by atoms with van der Waals surface area (Å²) in [5, 5.41) is 10.1. The zero-order chi connectivity index (χ0) is 15.8. The first-order chi connectivity index (χ1) is 9.67. The number of hydrogen-bond donors (Lipinski definition) is 1. The van der Waals surface area contributed by atoms with Crippen LogP contribution in [0.5, 0.6) is 0 Å². The van der Waals surface area contributed by atoms with E-state index in [1.165, 1.54) is 12.8 Å². The van der Waals surface area contributed by atoms with Crippen LogP contribution in [0.25, 0.3) is 0 Å². The van der Waals surface area contributed by atoms with E-state index in [2.05, 4.69) is 25.8 Å². The van der Waals surface area contributed by atoms with Crippen LogP contribution >= 0.6 is 0 Å². The highest BCUT2D eigenvalue weighted by Crippen LogP contribution is 2.52. The van der Waals surface area contributed by atoms with Crippen LogP contribution in [0.2, 0.25) is 0 Å². The fourth-order valence-corrected chi connectivity index (χ4v) is 3.85. The molecule has 0 saturated heterocycles. The minimum Gasteiger partial charge on any atom is -0.511 e. The van der Waals surface area contributed by atoms with Crippen molar-refractivity contribution in [3.8, 4) is 0 Å². The average molecular weight is 291 g/mol. The van der Waals surface area contributed by atoms with Gasteiger partial charge < -0.3 is 5.11 Å². The summed E-state index contributed by atoms with van der Waals surface area (Å²) >= 11 is 0. The lowest BCUT2D eigenvalue weighted by Crippen LogP contribution is -2.45. The van der Waals surface area contributed by atoms with E-state index in [-0.39, 0.29) is 17.0 Å². The third kappa shape index (κ3) is 3.22. The molecular formula is C18H29NO2. The van der Waals surface area contributed by atoms with Gasteiger partial charge in [-0.3, -0.25) is 9.79 Å². The van der Waals surface area contributed by atoms with Gasteiger partial charge in [-0.1, -0.05) is 41.0 Å². The Morgan fingerprint density at radius 2 is 1.90 bits per heavy atom. The second-order valence-corrected chi connectivity index (χ2v) is 8.15. The van der Waals surface area contributed by atoms with E-state index in [0.717, 1.165) is 12.5 Å². The first-order valence-corrected chi connectivity index (χ1v) is 8.12. The summed E-state index contributed by atoms with van der Waals surface area (Å²) in [6.07, 6.45) is 5.12. The summed E-state index contributed by atoms with van der Waals surface area (Å²) in [6, 6.07) is 0. The van der Waals surface area contributed by atoms with Gasteiger partial charge in [0.15, 0.2) is 5.78 Å². The number of hydrogen-bond acceptors (Lipinski definition) is 3. The molecule has 0 aromatic rings. The zero-order valence-electron chi connectivity index (χ0n) is 14.1. The van der Waals surface area contributed by atoms with Crippen LogP contribution < -0.4 is 0 Å². The van der Waals surface area contributed by atoms with E-state index in [4.69, 9.17) is 0 Å². The van der Waals surface area contributed by atoms with Gasteiger partial charge in [0, 0.05) is 25.6 Å². The van der Waals surface area contributed by atoms with E-state index >= 15 is 0 Å². The molecule has 1 fully saturated rings. The molecule has 2 atom stereocenters. The Balaban J connectivity index is 1.98. The van der Waals surface area contributed by atoms with Crippen molar-refractivity contribution in [3.63, 3.8) is 0 Å². The number of rotatable bonds is 4. The maximum absolute atomic E-state index is 12.1. The summed E-state index contributed by atoms with van der Waals surface area (Å²) in [7, 11) is 0. The zero-order valence-corrected chi connectivity index (χ0v) is 14.1. The van der Waals surface area contributed by atoms with Crippen molar-refractivity contribution in [2.75, 3.05) is 6.54 Å². The molecule has 0 spiro atoms. The smallest absolute Gasteiger partial charge is 0.168 e. The molecule has 0 aromatic heterocycles. The maximum atomic E-state index is 12.1. The largest absolute Gasteiger partial charge is 0.511 e. The Bertz CT molecular complexity index is 485. The third-order valence-electron chi connectivity index (χ3n) is 5.61. The molecule has 0 bridgehead atoms. The second kappa shape index (κ2) is 5.58. The summed E-state index contributed by atoms with van der Waals surface area (Å²) < 4.78 is 0. The number of allylic oxidation sites excluding steroid dienone is 2. The fraction of sp³-hybridized carbons (Fsp3) is 0.778. The van der Waals surface area contributed by atoms with Gasteiger partial charge in [-0.05, 0) is 29.1 Å². The van der Waals surface area contributed by atoms with Gasteiger partial charge in [-0.15, -0.1) is 0 Å². The van der Waals surface area contributed by atoms with Crippen LogP contribution in [-0.2, 0) is 4.79 Å². The number of carbonyl (C=O) groups excluding carboxylic acids is 1. The Labute approximate surface area is 128 Å². The Morgan fingerprint density at radius 3 is 2.43 bits per heavy atom. The predicted octanol–water partition coefficient (Wildman–Crippen LogP) is 4.33. The number of aliphatic hydroxyl groups excluding tert-OH is 1. The van der Waals surface area contributed by atoms with Crippen molar-refractivity contribution in [1.82, 2.24) is 0 Å². The molecule has 1 saturated carbocycles. The van der Waals surface area contributed by atoms with E-state index < -0.39 is 0 Å². The van der Waals surface area contributed by atoms with E-state index in [0.29, 0.717) is 29.7 Å².